The highest BCUT2D eigenvalue weighted by Crippen LogP contribution is 2.10. The largest absolute Gasteiger partial charge is 0.492 e. The standard InChI is InChI=1S/C22H26FN3O2/c23-20-8-10-21(11-9-20)28-18-12-24-22(27)26-16-14-25(15-17-26)13-4-7-19-5-2-1-3-6-19/h1-11H,12-18H2,(H,24,27)/b7-4+. The lowest BCUT2D eigenvalue weighted by atomic mass is 10.2. The van der Waals surface area contributed by atoms with Gasteiger partial charge in [-0.15, -0.1) is 0 Å². The molecule has 0 bridgehead atoms. The van der Waals surface area contributed by atoms with Crippen LogP contribution in [0.2, 0.25) is 0 Å². The van der Waals surface area contributed by atoms with Crippen LogP contribution in [-0.4, -0.2) is 61.7 Å². The molecule has 5 nitrogen and oxygen atoms in total. The number of amides is 2. The zero-order chi connectivity index (χ0) is 19.6. The van der Waals surface area contributed by atoms with Gasteiger partial charge in [-0.3, -0.25) is 4.90 Å². The molecule has 1 aliphatic rings. The Hall–Kier alpha value is -2.86. The van der Waals surface area contributed by atoms with E-state index in [4.69, 9.17) is 4.74 Å². The van der Waals surface area contributed by atoms with Crippen LogP contribution < -0.4 is 10.1 Å². The van der Waals surface area contributed by atoms with Crippen molar-refractivity contribution in [1.29, 1.82) is 0 Å². The third-order valence-corrected chi connectivity index (χ3v) is 4.59. The monoisotopic (exact) mass is 383 g/mol. The van der Waals surface area contributed by atoms with Crippen molar-refractivity contribution in [1.82, 2.24) is 15.1 Å². The Morgan fingerprint density at radius 2 is 1.75 bits per heavy atom. The Balaban J connectivity index is 1.30. The first-order chi connectivity index (χ1) is 13.7. The maximum absolute atomic E-state index is 12.8. The van der Waals surface area contributed by atoms with Crippen molar-refractivity contribution in [2.45, 2.75) is 0 Å². The van der Waals surface area contributed by atoms with E-state index in [0.29, 0.717) is 32.0 Å². The number of urea groups is 1. The molecule has 0 spiro atoms. The fraction of sp³-hybridized carbons (Fsp3) is 0.318. The molecule has 2 amide bonds. The van der Waals surface area contributed by atoms with Crippen LogP contribution in [0.25, 0.3) is 6.08 Å². The van der Waals surface area contributed by atoms with Crippen LogP contribution in [0.5, 0.6) is 5.75 Å². The topological polar surface area (TPSA) is 44.8 Å². The van der Waals surface area contributed by atoms with E-state index in [0.717, 1.165) is 19.6 Å². The van der Waals surface area contributed by atoms with Gasteiger partial charge in [-0.2, -0.15) is 0 Å². The van der Waals surface area contributed by atoms with E-state index in [1.807, 2.05) is 23.1 Å². The average Bonchev–Trinajstić information content (AvgIpc) is 2.73. The summed E-state index contributed by atoms with van der Waals surface area (Å²) >= 11 is 0. The molecule has 0 unspecified atom stereocenters. The second-order valence-corrected chi connectivity index (χ2v) is 6.64. The maximum Gasteiger partial charge on any atom is 0.317 e. The number of ether oxygens (including phenoxy) is 1. The molecular weight excluding hydrogens is 357 g/mol. The number of carbonyl (C=O) groups excluding carboxylic acids is 1. The van der Waals surface area contributed by atoms with E-state index in [1.54, 1.807) is 12.1 Å². The third kappa shape index (κ3) is 6.39. The molecule has 0 aliphatic carbocycles. The highest BCUT2D eigenvalue weighted by atomic mass is 19.1. The Morgan fingerprint density at radius 1 is 1.04 bits per heavy atom. The summed E-state index contributed by atoms with van der Waals surface area (Å²) in [6.45, 7) is 4.79. The lowest BCUT2D eigenvalue weighted by Gasteiger charge is -2.34. The number of piperazine rings is 1. The molecule has 1 fully saturated rings. The number of rotatable bonds is 7. The van der Waals surface area contributed by atoms with Crippen LogP contribution in [-0.2, 0) is 0 Å². The highest BCUT2D eigenvalue weighted by Gasteiger charge is 2.19. The fourth-order valence-corrected chi connectivity index (χ4v) is 3.01. The van der Waals surface area contributed by atoms with Gasteiger partial charge in [0.2, 0.25) is 0 Å². The summed E-state index contributed by atoms with van der Waals surface area (Å²) in [6, 6.07) is 16.0. The minimum absolute atomic E-state index is 0.0674. The molecule has 1 heterocycles. The number of nitrogens with one attached hydrogen (secondary N) is 1. The molecule has 28 heavy (non-hydrogen) atoms. The summed E-state index contributed by atoms with van der Waals surface area (Å²) in [5.74, 6) is 0.295. The first-order valence-corrected chi connectivity index (χ1v) is 9.56. The highest BCUT2D eigenvalue weighted by molar-refractivity contribution is 5.74. The molecule has 0 aromatic heterocycles. The molecule has 2 aromatic rings. The zero-order valence-corrected chi connectivity index (χ0v) is 15.9. The normalized spacial score (nSPS) is 15.0. The summed E-state index contributed by atoms with van der Waals surface area (Å²) in [5.41, 5.74) is 1.20. The molecule has 148 valence electrons. The van der Waals surface area contributed by atoms with Crippen molar-refractivity contribution in [3.63, 3.8) is 0 Å². The second-order valence-electron chi connectivity index (χ2n) is 6.64. The number of halogens is 1. The summed E-state index contributed by atoms with van der Waals surface area (Å²) in [6.07, 6.45) is 4.29. The lowest BCUT2D eigenvalue weighted by Crippen LogP contribution is -2.52. The summed E-state index contributed by atoms with van der Waals surface area (Å²) in [5, 5.41) is 2.87. The molecule has 0 atom stereocenters. The van der Waals surface area contributed by atoms with Gasteiger partial charge in [-0.05, 0) is 29.8 Å². The molecular formula is C22H26FN3O2. The molecule has 1 saturated heterocycles. The second kappa shape index (κ2) is 10.5. The van der Waals surface area contributed by atoms with Gasteiger partial charge in [-0.25, -0.2) is 9.18 Å². The van der Waals surface area contributed by atoms with E-state index >= 15 is 0 Å². The Morgan fingerprint density at radius 3 is 2.46 bits per heavy atom. The summed E-state index contributed by atoms with van der Waals surface area (Å²) in [7, 11) is 0. The van der Waals surface area contributed by atoms with E-state index < -0.39 is 0 Å². The number of nitrogens with zero attached hydrogens (tertiary/aromatic N) is 2. The molecule has 0 radical (unpaired) electrons. The molecule has 3 rings (SSSR count). The molecule has 1 aliphatic heterocycles. The third-order valence-electron chi connectivity index (χ3n) is 4.59. The first kappa shape index (κ1) is 19.9. The molecule has 2 aromatic carbocycles. The van der Waals surface area contributed by atoms with Crippen molar-refractivity contribution in [2.75, 3.05) is 45.9 Å². The predicted molar refractivity (Wildman–Crippen MR) is 109 cm³/mol. The number of carbonyl (C=O) groups is 1. The summed E-state index contributed by atoms with van der Waals surface area (Å²) < 4.78 is 18.3. The fourth-order valence-electron chi connectivity index (χ4n) is 3.01. The smallest absolute Gasteiger partial charge is 0.317 e. The van der Waals surface area contributed by atoms with Gasteiger partial charge < -0.3 is 15.0 Å². The van der Waals surface area contributed by atoms with Crippen molar-refractivity contribution in [2.24, 2.45) is 0 Å². The van der Waals surface area contributed by atoms with Crippen molar-refractivity contribution < 1.29 is 13.9 Å². The minimum Gasteiger partial charge on any atom is -0.492 e. The number of hydrogen-bond donors (Lipinski definition) is 1. The van der Waals surface area contributed by atoms with Crippen LogP contribution >= 0.6 is 0 Å². The van der Waals surface area contributed by atoms with Crippen molar-refractivity contribution >= 4 is 12.1 Å². The van der Waals surface area contributed by atoms with Crippen LogP contribution in [0.3, 0.4) is 0 Å². The van der Waals surface area contributed by atoms with Crippen LogP contribution in [0.4, 0.5) is 9.18 Å². The molecule has 6 heteroatoms. The Kier molecular flexibility index (Phi) is 7.44. The maximum atomic E-state index is 12.8. The summed E-state index contributed by atoms with van der Waals surface area (Å²) in [4.78, 5) is 16.4. The van der Waals surface area contributed by atoms with Gasteiger partial charge in [0.1, 0.15) is 18.2 Å². The zero-order valence-electron chi connectivity index (χ0n) is 15.9. The van der Waals surface area contributed by atoms with E-state index in [9.17, 15) is 9.18 Å². The van der Waals surface area contributed by atoms with Crippen LogP contribution in [0.15, 0.2) is 60.7 Å². The number of hydrogen-bond acceptors (Lipinski definition) is 3. The lowest BCUT2D eigenvalue weighted by molar-refractivity contribution is 0.145. The van der Waals surface area contributed by atoms with Crippen LogP contribution in [0.1, 0.15) is 5.56 Å². The van der Waals surface area contributed by atoms with Gasteiger partial charge in [0.15, 0.2) is 0 Å². The Bertz CT molecular complexity index is 757. The van der Waals surface area contributed by atoms with Crippen molar-refractivity contribution in [3.8, 4) is 5.75 Å². The first-order valence-electron chi connectivity index (χ1n) is 9.56. The van der Waals surface area contributed by atoms with Gasteiger partial charge in [0, 0.05) is 32.7 Å². The van der Waals surface area contributed by atoms with Gasteiger partial charge in [0.25, 0.3) is 0 Å². The average molecular weight is 383 g/mol. The SMILES string of the molecule is O=C(NCCOc1ccc(F)cc1)N1CCN(C/C=C/c2ccccc2)CC1. The van der Waals surface area contributed by atoms with E-state index in [2.05, 4.69) is 34.5 Å². The van der Waals surface area contributed by atoms with Crippen molar-refractivity contribution in [3.05, 3.63) is 72.1 Å². The number of benzene rings is 2. The minimum atomic E-state index is -0.296. The van der Waals surface area contributed by atoms with E-state index in [-0.39, 0.29) is 11.8 Å². The van der Waals surface area contributed by atoms with Crippen LogP contribution in [0, 0.1) is 5.82 Å². The van der Waals surface area contributed by atoms with E-state index in [1.165, 1.54) is 17.7 Å². The Labute approximate surface area is 165 Å². The van der Waals surface area contributed by atoms with Gasteiger partial charge >= 0.3 is 6.03 Å². The van der Waals surface area contributed by atoms with Gasteiger partial charge in [0.05, 0.1) is 6.54 Å². The molecule has 1 N–H and O–H groups in total. The predicted octanol–water partition coefficient (Wildman–Crippen LogP) is 3.25. The van der Waals surface area contributed by atoms with Gasteiger partial charge in [-0.1, -0.05) is 42.5 Å². The molecule has 0 saturated carbocycles. The quantitative estimate of drug-likeness (QED) is 0.747.